The van der Waals surface area contributed by atoms with Crippen LogP contribution in [0, 0.1) is 5.82 Å². The third-order valence-corrected chi connectivity index (χ3v) is 2.47. The largest absolute Gasteiger partial charge is 0.506 e. The summed E-state index contributed by atoms with van der Waals surface area (Å²) < 4.78 is 13.1. The topological polar surface area (TPSA) is 37.3 Å². The molecule has 0 aromatic heterocycles. The fourth-order valence-electron chi connectivity index (χ4n) is 0.907. The van der Waals surface area contributed by atoms with Gasteiger partial charge in [-0.05, 0) is 28.9 Å². The van der Waals surface area contributed by atoms with Gasteiger partial charge >= 0.3 is 0 Å². The van der Waals surface area contributed by atoms with E-state index in [1.807, 2.05) is 0 Å². The van der Waals surface area contributed by atoms with E-state index in [9.17, 15) is 14.3 Å². The van der Waals surface area contributed by atoms with Gasteiger partial charge in [0.1, 0.15) is 11.6 Å². The Balaban J connectivity index is 3.56. The van der Waals surface area contributed by atoms with Gasteiger partial charge in [0.15, 0.2) is 5.78 Å². The van der Waals surface area contributed by atoms with Gasteiger partial charge in [-0.1, -0.05) is 11.6 Å². The Labute approximate surface area is 87.5 Å². The Hall–Kier alpha value is -0.610. The van der Waals surface area contributed by atoms with Gasteiger partial charge in [-0.3, -0.25) is 4.79 Å². The molecule has 1 aromatic rings. The third-order valence-electron chi connectivity index (χ3n) is 1.50. The lowest BCUT2D eigenvalue weighted by atomic mass is 10.1. The first-order valence-corrected chi connectivity index (χ1v) is 4.49. The van der Waals surface area contributed by atoms with Crippen LogP contribution in [0.25, 0.3) is 0 Å². The summed E-state index contributed by atoms with van der Waals surface area (Å²) in [7, 11) is 0. The molecule has 1 aromatic carbocycles. The van der Waals surface area contributed by atoms with Crippen LogP contribution in [0.3, 0.4) is 0 Å². The van der Waals surface area contributed by atoms with E-state index < -0.39 is 11.6 Å². The minimum Gasteiger partial charge on any atom is -0.506 e. The molecular formula is C8H5BrClFO2. The van der Waals surface area contributed by atoms with Crippen molar-refractivity contribution < 1.29 is 14.3 Å². The van der Waals surface area contributed by atoms with E-state index in [0.29, 0.717) is 0 Å². The lowest BCUT2D eigenvalue weighted by Gasteiger charge is -2.05. The lowest BCUT2D eigenvalue weighted by molar-refractivity contribution is 0.101. The predicted molar refractivity (Wildman–Crippen MR) is 50.8 cm³/mol. The third kappa shape index (κ3) is 1.84. The SMILES string of the molecule is CC(=O)c1c(O)c(Br)cc(F)c1Cl. The Kier molecular flexibility index (Phi) is 2.93. The Morgan fingerprint density at radius 1 is 1.69 bits per heavy atom. The zero-order chi connectivity index (χ0) is 10.2. The molecule has 0 aliphatic rings. The van der Waals surface area contributed by atoms with Gasteiger partial charge in [0.25, 0.3) is 0 Å². The Morgan fingerprint density at radius 3 is 2.69 bits per heavy atom. The maximum atomic E-state index is 13.0. The molecule has 1 N–H and O–H groups in total. The summed E-state index contributed by atoms with van der Waals surface area (Å²) in [5.41, 5.74) is -0.200. The van der Waals surface area contributed by atoms with Gasteiger partial charge in [-0.15, -0.1) is 0 Å². The van der Waals surface area contributed by atoms with Crippen molar-refractivity contribution in [3.63, 3.8) is 0 Å². The number of aromatic hydroxyl groups is 1. The lowest BCUT2D eigenvalue weighted by Crippen LogP contribution is -1.97. The molecule has 0 amide bonds. The number of Topliss-reactive ketones (excluding diaryl/α,β-unsaturated/α-hetero) is 1. The molecule has 0 radical (unpaired) electrons. The first-order chi connectivity index (χ1) is 5.95. The highest BCUT2D eigenvalue weighted by Crippen LogP contribution is 2.35. The normalized spacial score (nSPS) is 10.2. The molecule has 0 aliphatic heterocycles. The van der Waals surface area contributed by atoms with Crippen LogP contribution in [0.4, 0.5) is 4.39 Å². The van der Waals surface area contributed by atoms with Crippen molar-refractivity contribution in [3.8, 4) is 5.75 Å². The molecule has 0 aliphatic carbocycles. The summed E-state index contributed by atoms with van der Waals surface area (Å²) in [6.45, 7) is 1.20. The van der Waals surface area contributed by atoms with E-state index in [-0.39, 0.29) is 20.8 Å². The summed E-state index contributed by atoms with van der Waals surface area (Å²) in [6.07, 6.45) is 0. The molecule has 13 heavy (non-hydrogen) atoms. The van der Waals surface area contributed by atoms with Gasteiger partial charge in [0, 0.05) is 0 Å². The standard InChI is InChI=1S/C8H5BrClFO2/c1-3(12)6-7(10)5(11)2-4(9)8(6)13/h2,13H,1H3. The second kappa shape index (κ2) is 3.64. The van der Waals surface area contributed by atoms with Gasteiger partial charge in [-0.25, -0.2) is 4.39 Å². The molecular weight excluding hydrogens is 262 g/mol. The number of ketones is 1. The fraction of sp³-hybridized carbons (Fsp3) is 0.125. The summed E-state index contributed by atoms with van der Waals surface area (Å²) >= 11 is 8.39. The molecule has 0 bridgehead atoms. The van der Waals surface area contributed by atoms with Crippen molar-refractivity contribution >= 4 is 33.3 Å². The van der Waals surface area contributed by atoms with Crippen molar-refractivity contribution in [1.29, 1.82) is 0 Å². The maximum Gasteiger partial charge on any atom is 0.165 e. The van der Waals surface area contributed by atoms with Crippen LogP contribution in [0.15, 0.2) is 10.5 Å². The predicted octanol–water partition coefficient (Wildman–Crippen LogP) is 3.15. The van der Waals surface area contributed by atoms with Crippen LogP contribution in [-0.4, -0.2) is 10.9 Å². The summed E-state index contributed by atoms with van der Waals surface area (Å²) in [5, 5.41) is 9.00. The Bertz CT molecular complexity index is 353. The van der Waals surface area contributed by atoms with E-state index >= 15 is 0 Å². The van der Waals surface area contributed by atoms with Crippen LogP contribution in [0.2, 0.25) is 5.02 Å². The zero-order valence-electron chi connectivity index (χ0n) is 6.57. The zero-order valence-corrected chi connectivity index (χ0v) is 8.91. The number of phenolic OH excluding ortho intramolecular Hbond substituents is 1. The highest BCUT2D eigenvalue weighted by Gasteiger charge is 2.18. The number of benzene rings is 1. The smallest absolute Gasteiger partial charge is 0.165 e. The number of phenols is 1. The molecule has 0 spiro atoms. The molecule has 0 heterocycles. The number of rotatable bonds is 1. The summed E-state index contributed by atoms with van der Waals surface area (Å²) in [4.78, 5) is 11.0. The number of carbonyl (C=O) groups excluding carboxylic acids is 1. The van der Waals surface area contributed by atoms with Gasteiger partial charge in [0.2, 0.25) is 0 Å². The quantitative estimate of drug-likeness (QED) is 0.627. The van der Waals surface area contributed by atoms with E-state index in [4.69, 9.17) is 11.6 Å². The Morgan fingerprint density at radius 2 is 2.23 bits per heavy atom. The summed E-state index contributed by atoms with van der Waals surface area (Å²) in [6, 6.07) is 1.00. The second-order valence-electron chi connectivity index (χ2n) is 2.43. The number of hydrogen-bond donors (Lipinski definition) is 1. The van der Waals surface area contributed by atoms with Gasteiger partial charge in [-0.2, -0.15) is 0 Å². The van der Waals surface area contributed by atoms with Crippen molar-refractivity contribution in [2.45, 2.75) is 6.92 Å². The second-order valence-corrected chi connectivity index (χ2v) is 3.67. The van der Waals surface area contributed by atoms with Crippen molar-refractivity contribution in [1.82, 2.24) is 0 Å². The average Bonchev–Trinajstić information content (AvgIpc) is 2.01. The van der Waals surface area contributed by atoms with Crippen molar-refractivity contribution in [2.75, 3.05) is 0 Å². The highest BCUT2D eigenvalue weighted by atomic mass is 79.9. The van der Waals surface area contributed by atoms with E-state index in [2.05, 4.69) is 15.9 Å². The molecule has 1 rings (SSSR count). The molecule has 0 unspecified atom stereocenters. The highest BCUT2D eigenvalue weighted by molar-refractivity contribution is 9.10. The minimum absolute atomic E-state index is 0.111. The number of hydrogen-bond acceptors (Lipinski definition) is 2. The van der Waals surface area contributed by atoms with Crippen molar-refractivity contribution in [2.24, 2.45) is 0 Å². The minimum atomic E-state index is -0.739. The average molecular weight is 267 g/mol. The first-order valence-electron chi connectivity index (χ1n) is 3.32. The fourth-order valence-corrected chi connectivity index (χ4v) is 1.58. The first kappa shape index (κ1) is 10.5. The van der Waals surface area contributed by atoms with Gasteiger partial charge in [0.05, 0.1) is 15.1 Å². The van der Waals surface area contributed by atoms with Crippen LogP contribution in [-0.2, 0) is 0 Å². The van der Waals surface area contributed by atoms with E-state index in [1.165, 1.54) is 6.92 Å². The molecule has 5 heteroatoms. The van der Waals surface area contributed by atoms with Gasteiger partial charge < -0.3 is 5.11 Å². The summed E-state index contributed by atoms with van der Waals surface area (Å²) in [5.74, 6) is -1.56. The van der Waals surface area contributed by atoms with E-state index in [0.717, 1.165) is 6.07 Å². The van der Waals surface area contributed by atoms with E-state index in [1.54, 1.807) is 0 Å². The number of carbonyl (C=O) groups is 1. The molecule has 0 fully saturated rings. The molecule has 0 saturated heterocycles. The monoisotopic (exact) mass is 266 g/mol. The van der Waals surface area contributed by atoms with Crippen molar-refractivity contribution in [3.05, 3.63) is 26.9 Å². The van der Waals surface area contributed by atoms with Crippen LogP contribution in [0.1, 0.15) is 17.3 Å². The number of halogens is 3. The van der Waals surface area contributed by atoms with Crippen LogP contribution >= 0.6 is 27.5 Å². The van der Waals surface area contributed by atoms with Crippen LogP contribution < -0.4 is 0 Å². The maximum absolute atomic E-state index is 13.0. The molecule has 70 valence electrons. The molecule has 0 atom stereocenters. The molecule has 2 nitrogen and oxygen atoms in total. The molecule has 0 saturated carbocycles. The van der Waals surface area contributed by atoms with Crippen LogP contribution in [0.5, 0.6) is 5.75 Å².